The Labute approximate surface area is 194 Å². The summed E-state index contributed by atoms with van der Waals surface area (Å²) in [6.45, 7) is 2.30. The number of pyridine rings is 1. The van der Waals surface area contributed by atoms with E-state index in [1.54, 1.807) is 4.90 Å². The number of aromatic nitrogens is 1. The van der Waals surface area contributed by atoms with Crippen molar-refractivity contribution in [3.63, 3.8) is 0 Å². The fraction of sp³-hybridized carbons (Fsp3) is 0.429. The molecule has 1 saturated heterocycles. The second-order valence-electron chi connectivity index (χ2n) is 7.71. The largest absolute Gasteiger partial charge is 0.433 e. The predicted octanol–water partition coefficient (Wildman–Crippen LogP) is 3.60. The van der Waals surface area contributed by atoms with Gasteiger partial charge < -0.3 is 15.5 Å². The molecule has 2 amide bonds. The Balaban J connectivity index is 1.64. The van der Waals surface area contributed by atoms with Crippen LogP contribution in [0.25, 0.3) is 0 Å². The van der Waals surface area contributed by atoms with Gasteiger partial charge in [-0.2, -0.15) is 13.2 Å². The van der Waals surface area contributed by atoms with E-state index in [-0.39, 0.29) is 35.9 Å². The lowest BCUT2D eigenvalue weighted by molar-refractivity contribution is -0.141. The summed E-state index contributed by atoms with van der Waals surface area (Å²) in [5.41, 5.74) is -0.342. The average molecular weight is 504 g/mol. The molecule has 3 N–H and O–H groups in total. The van der Waals surface area contributed by atoms with Gasteiger partial charge in [0.2, 0.25) is 10.0 Å². The minimum atomic E-state index is -4.58. The van der Waals surface area contributed by atoms with E-state index in [4.69, 9.17) is 0 Å². The quantitative estimate of drug-likeness (QED) is 0.478. The Morgan fingerprint density at radius 3 is 2.38 bits per heavy atom. The average Bonchev–Trinajstić information content (AvgIpc) is 3.31. The monoisotopic (exact) mass is 503 g/mol. The van der Waals surface area contributed by atoms with E-state index in [2.05, 4.69) is 20.3 Å². The van der Waals surface area contributed by atoms with Crippen molar-refractivity contribution in [2.75, 3.05) is 29.1 Å². The first-order valence-corrected chi connectivity index (χ1v) is 12.3. The van der Waals surface area contributed by atoms with Crippen LogP contribution >= 0.6 is 0 Å². The van der Waals surface area contributed by atoms with Gasteiger partial charge in [-0.25, -0.2) is 27.3 Å². The molecule has 2 aromatic rings. The zero-order chi connectivity index (χ0) is 24.9. The van der Waals surface area contributed by atoms with Crippen LogP contribution in [0.1, 0.15) is 36.6 Å². The number of urea groups is 1. The Hall–Kier alpha value is -2.93. The van der Waals surface area contributed by atoms with E-state index < -0.39 is 33.7 Å². The van der Waals surface area contributed by atoms with Crippen LogP contribution in [-0.2, 0) is 29.3 Å². The molecule has 0 aliphatic carbocycles. The van der Waals surface area contributed by atoms with Gasteiger partial charge in [0.1, 0.15) is 17.3 Å². The van der Waals surface area contributed by atoms with Gasteiger partial charge in [0.25, 0.3) is 0 Å². The standard InChI is InChI=1S/C21H25F4N5O3S/c1-2-34(32,33)27-13-14-5-7-16(11-17(14)22)28-20(31)26-12-15-6-8-18(21(23,24)25)29-19(15)30-9-3-4-10-30/h5-8,11,27H,2-4,9-10,12-13H2,1H3,(H2,26,28,31). The number of amides is 2. The van der Waals surface area contributed by atoms with Crippen molar-refractivity contribution >= 4 is 27.6 Å². The van der Waals surface area contributed by atoms with Gasteiger partial charge in [0, 0.05) is 43.0 Å². The summed E-state index contributed by atoms with van der Waals surface area (Å²) in [6, 6.07) is 5.27. The van der Waals surface area contributed by atoms with Crippen molar-refractivity contribution in [2.24, 2.45) is 0 Å². The molecular formula is C21H25F4N5O3S. The van der Waals surface area contributed by atoms with Crippen molar-refractivity contribution < 1.29 is 30.8 Å². The van der Waals surface area contributed by atoms with Crippen LogP contribution in [0.3, 0.4) is 0 Å². The van der Waals surface area contributed by atoms with E-state index >= 15 is 0 Å². The highest BCUT2D eigenvalue weighted by Gasteiger charge is 2.34. The molecule has 186 valence electrons. The number of nitrogens with one attached hydrogen (secondary N) is 3. The van der Waals surface area contributed by atoms with E-state index in [0.29, 0.717) is 18.7 Å². The number of carbonyl (C=O) groups is 1. The summed E-state index contributed by atoms with van der Waals surface area (Å²) in [7, 11) is -3.49. The van der Waals surface area contributed by atoms with Crippen LogP contribution < -0.4 is 20.3 Å². The van der Waals surface area contributed by atoms with Crippen molar-refractivity contribution in [1.29, 1.82) is 0 Å². The van der Waals surface area contributed by atoms with Gasteiger partial charge in [-0.15, -0.1) is 0 Å². The second-order valence-corrected chi connectivity index (χ2v) is 9.81. The van der Waals surface area contributed by atoms with E-state index in [0.717, 1.165) is 25.0 Å². The maximum Gasteiger partial charge on any atom is 0.433 e. The van der Waals surface area contributed by atoms with Crippen molar-refractivity contribution in [1.82, 2.24) is 15.0 Å². The van der Waals surface area contributed by atoms with Crippen molar-refractivity contribution in [3.05, 3.63) is 53.0 Å². The number of halogens is 4. The first-order chi connectivity index (χ1) is 16.0. The molecule has 1 fully saturated rings. The number of nitrogens with zero attached hydrogens (tertiary/aromatic N) is 2. The summed E-state index contributed by atoms with van der Waals surface area (Å²) >= 11 is 0. The highest BCUT2D eigenvalue weighted by molar-refractivity contribution is 7.89. The molecule has 0 unspecified atom stereocenters. The maximum absolute atomic E-state index is 14.3. The van der Waals surface area contributed by atoms with Crippen LogP contribution in [0, 0.1) is 5.82 Å². The Bertz CT molecular complexity index is 1140. The van der Waals surface area contributed by atoms with Crippen LogP contribution in [0.5, 0.6) is 0 Å². The van der Waals surface area contributed by atoms with E-state index in [9.17, 15) is 30.8 Å². The predicted molar refractivity (Wildman–Crippen MR) is 119 cm³/mol. The minimum absolute atomic E-state index is 0.0812. The van der Waals surface area contributed by atoms with Crippen LogP contribution in [0.2, 0.25) is 0 Å². The number of carbonyl (C=O) groups excluding carboxylic acids is 1. The lowest BCUT2D eigenvalue weighted by Crippen LogP contribution is -2.30. The Morgan fingerprint density at radius 2 is 1.76 bits per heavy atom. The summed E-state index contributed by atoms with van der Waals surface area (Å²) in [5, 5.41) is 4.99. The van der Waals surface area contributed by atoms with Crippen molar-refractivity contribution in [2.45, 2.75) is 39.0 Å². The molecule has 1 aromatic carbocycles. The van der Waals surface area contributed by atoms with Gasteiger partial charge in [-0.1, -0.05) is 12.1 Å². The third kappa shape index (κ3) is 6.79. The molecule has 0 radical (unpaired) electrons. The van der Waals surface area contributed by atoms with E-state index in [1.165, 1.54) is 25.1 Å². The minimum Gasteiger partial charge on any atom is -0.356 e. The molecule has 0 atom stereocenters. The Kier molecular flexibility index (Phi) is 7.97. The molecule has 1 aliphatic rings. The zero-order valence-electron chi connectivity index (χ0n) is 18.4. The highest BCUT2D eigenvalue weighted by Crippen LogP contribution is 2.31. The molecule has 1 aliphatic heterocycles. The summed E-state index contributed by atoms with van der Waals surface area (Å²) in [5.74, 6) is -0.667. The van der Waals surface area contributed by atoms with Crippen molar-refractivity contribution in [3.8, 4) is 0 Å². The fourth-order valence-corrected chi connectivity index (χ4v) is 3.96. The second kappa shape index (κ2) is 10.6. The smallest absolute Gasteiger partial charge is 0.356 e. The third-order valence-electron chi connectivity index (χ3n) is 5.26. The zero-order valence-corrected chi connectivity index (χ0v) is 19.2. The summed E-state index contributed by atoms with van der Waals surface area (Å²) in [6.07, 6.45) is -2.90. The van der Waals surface area contributed by atoms with Gasteiger partial charge in [0.15, 0.2) is 0 Å². The number of alkyl halides is 3. The lowest BCUT2D eigenvalue weighted by Gasteiger charge is -2.22. The molecule has 34 heavy (non-hydrogen) atoms. The fourth-order valence-electron chi connectivity index (χ4n) is 3.38. The van der Waals surface area contributed by atoms with Gasteiger partial charge >= 0.3 is 12.2 Å². The normalized spacial score (nSPS) is 14.3. The van der Waals surface area contributed by atoms with Gasteiger partial charge in [-0.3, -0.25) is 0 Å². The lowest BCUT2D eigenvalue weighted by atomic mass is 10.2. The molecule has 2 heterocycles. The molecule has 0 bridgehead atoms. The first kappa shape index (κ1) is 25.7. The highest BCUT2D eigenvalue weighted by atomic mass is 32.2. The van der Waals surface area contributed by atoms with Crippen LogP contribution in [-0.4, -0.2) is 38.3 Å². The van der Waals surface area contributed by atoms with Gasteiger partial charge in [-0.05, 0) is 38.0 Å². The molecule has 3 rings (SSSR count). The summed E-state index contributed by atoms with van der Waals surface area (Å²) < 4.78 is 78.8. The van der Waals surface area contributed by atoms with Crippen LogP contribution in [0.4, 0.5) is 33.9 Å². The van der Waals surface area contributed by atoms with Gasteiger partial charge in [0.05, 0.1) is 5.75 Å². The first-order valence-electron chi connectivity index (χ1n) is 10.6. The number of anilines is 2. The number of benzene rings is 1. The molecule has 0 spiro atoms. The maximum atomic E-state index is 14.3. The number of hydrogen-bond acceptors (Lipinski definition) is 5. The molecular weight excluding hydrogens is 478 g/mol. The molecule has 0 saturated carbocycles. The number of rotatable bonds is 8. The summed E-state index contributed by atoms with van der Waals surface area (Å²) in [4.78, 5) is 17.8. The SMILES string of the molecule is CCS(=O)(=O)NCc1ccc(NC(=O)NCc2ccc(C(F)(F)F)nc2N2CCCC2)cc1F. The Morgan fingerprint density at radius 1 is 1.09 bits per heavy atom. The number of sulfonamides is 1. The molecule has 1 aromatic heterocycles. The third-order valence-corrected chi connectivity index (χ3v) is 6.61. The molecule has 8 nitrogen and oxygen atoms in total. The topological polar surface area (TPSA) is 103 Å². The van der Waals surface area contributed by atoms with Crippen LogP contribution in [0.15, 0.2) is 30.3 Å². The van der Waals surface area contributed by atoms with E-state index in [1.807, 2.05) is 0 Å². The molecule has 13 heteroatoms. The number of hydrogen-bond donors (Lipinski definition) is 3.